The highest BCUT2D eigenvalue weighted by molar-refractivity contribution is 8.00. The number of amides is 1. The number of thiophene rings is 1. The molecule has 2 N–H and O–H groups in total. The summed E-state index contributed by atoms with van der Waals surface area (Å²) in [5.41, 5.74) is 0.879. The van der Waals surface area contributed by atoms with E-state index in [2.05, 4.69) is 5.32 Å². The zero-order valence-electron chi connectivity index (χ0n) is 8.89. The van der Waals surface area contributed by atoms with Crippen molar-refractivity contribution in [3.05, 3.63) is 22.4 Å². The number of thioether (sulfide) groups is 1. The maximum Gasteiger partial charge on any atom is 0.233 e. The van der Waals surface area contributed by atoms with Gasteiger partial charge in [0.1, 0.15) is 0 Å². The summed E-state index contributed by atoms with van der Waals surface area (Å²) in [6.07, 6.45) is 1.50. The van der Waals surface area contributed by atoms with Gasteiger partial charge >= 0.3 is 0 Å². The average Bonchev–Trinajstić information content (AvgIpc) is 2.95. The first-order valence-corrected chi connectivity index (χ1v) is 7.36. The number of aliphatic hydroxyl groups is 1. The van der Waals surface area contributed by atoms with Gasteiger partial charge < -0.3 is 10.4 Å². The minimum Gasteiger partial charge on any atom is -0.387 e. The lowest BCUT2D eigenvalue weighted by molar-refractivity contribution is -0.121. The molecule has 0 spiro atoms. The third-order valence-corrected chi connectivity index (χ3v) is 4.70. The van der Waals surface area contributed by atoms with E-state index in [-0.39, 0.29) is 11.2 Å². The van der Waals surface area contributed by atoms with Crippen LogP contribution in [0.15, 0.2) is 16.8 Å². The molecule has 3 nitrogen and oxygen atoms in total. The second-order valence-corrected chi connectivity index (χ2v) is 5.91. The average molecular weight is 257 g/mol. The summed E-state index contributed by atoms with van der Waals surface area (Å²) < 4.78 is 0. The molecule has 88 valence electrons. The summed E-state index contributed by atoms with van der Waals surface area (Å²) in [4.78, 5) is 11.7. The monoisotopic (exact) mass is 257 g/mol. The maximum atomic E-state index is 11.7. The fourth-order valence-corrected chi connectivity index (χ4v) is 3.57. The summed E-state index contributed by atoms with van der Waals surface area (Å²) in [5.74, 6) is 1.14. The minimum atomic E-state index is -0.582. The molecule has 2 unspecified atom stereocenters. The molecule has 2 rings (SSSR count). The first-order chi connectivity index (χ1) is 7.77. The highest BCUT2D eigenvalue weighted by Gasteiger charge is 2.23. The van der Waals surface area contributed by atoms with Gasteiger partial charge in [0.25, 0.3) is 0 Å². The second kappa shape index (κ2) is 5.70. The van der Waals surface area contributed by atoms with Gasteiger partial charge in [0.2, 0.25) is 5.91 Å². The molecule has 1 aliphatic rings. The predicted octanol–water partition coefficient (Wildman–Crippen LogP) is 1.79. The van der Waals surface area contributed by atoms with E-state index >= 15 is 0 Å². The van der Waals surface area contributed by atoms with E-state index in [1.54, 1.807) is 23.1 Å². The molecule has 0 aliphatic carbocycles. The van der Waals surface area contributed by atoms with E-state index in [1.807, 2.05) is 16.8 Å². The Morgan fingerprint density at radius 3 is 3.19 bits per heavy atom. The van der Waals surface area contributed by atoms with Crippen LogP contribution in [0.25, 0.3) is 0 Å². The van der Waals surface area contributed by atoms with Crippen molar-refractivity contribution >= 4 is 29.0 Å². The normalized spacial score (nSPS) is 21.9. The molecule has 1 saturated heterocycles. The molecule has 16 heavy (non-hydrogen) atoms. The molecule has 1 aliphatic heterocycles. The molecule has 0 aromatic carbocycles. The Morgan fingerprint density at radius 2 is 2.56 bits per heavy atom. The van der Waals surface area contributed by atoms with Crippen LogP contribution >= 0.6 is 23.1 Å². The van der Waals surface area contributed by atoms with Gasteiger partial charge in [-0.05, 0) is 41.0 Å². The number of nitrogens with one attached hydrogen (secondary N) is 1. The Bertz CT molecular complexity index is 334. The highest BCUT2D eigenvalue weighted by Crippen LogP contribution is 2.26. The molecule has 5 heteroatoms. The van der Waals surface area contributed by atoms with Gasteiger partial charge in [-0.3, -0.25) is 4.79 Å². The van der Waals surface area contributed by atoms with Crippen molar-refractivity contribution in [2.75, 3.05) is 12.3 Å². The Labute approximate surface area is 103 Å². The summed E-state index contributed by atoms with van der Waals surface area (Å²) in [6, 6.07) is 1.88. The van der Waals surface area contributed by atoms with Crippen molar-refractivity contribution in [3.63, 3.8) is 0 Å². The molecule has 1 fully saturated rings. The lowest BCUT2D eigenvalue weighted by atomic mass is 10.2. The number of hydrogen-bond acceptors (Lipinski definition) is 4. The van der Waals surface area contributed by atoms with Crippen molar-refractivity contribution < 1.29 is 9.90 Å². The molecule has 2 heterocycles. The Kier molecular flexibility index (Phi) is 4.26. The van der Waals surface area contributed by atoms with Crippen LogP contribution in [0.5, 0.6) is 0 Å². The molecular weight excluding hydrogens is 242 g/mol. The zero-order chi connectivity index (χ0) is 11.4. The third-order valence-electron chi connectivity index (χ3n) is 2.62. The Hall–Kier alpha value is -0.520. The molecule has 0 bridgehead atoms. The van der Waals surface area contributed by atoms with Crippen molar-refractivity contribution in [2.45, 2.75) is 24.2 Å². The zero-order valence-corrected chi connectivity index (χ0v) is 10.5. The topological polar surface area (TPSA) is 49.3 Å². The largest absolute Gasteiger partial charge is 0.387 e. The molecular formula is C11H15NO2S2. The van der Waals surface area contributed by atoms with E-state index in [4.69, 9.17) is 0 Å². The van der Waals surface area contributed by atoms with Gasteiger partial charge in [-0.2, -0.15) is 11.3 Å². The molecule has 2 atom stereocenters. The summed E-state index contributed by atoms with van der Waals surface area (Å²) in [6.45, 7) is 0.312. The number of carbonyl (C=O) groups excluding carboxylic acids is 1. The van der Waals surface area contributed by atoms with Crippen LogP contribution in [0, 0.1) is 0 Å². The van der Waals surface area contributed by atoms with Gasteiger partial charge in [-0.25, -0.2) is 0 Å². The van der Waals surface area contributed by atoms with Crippen LogP contribution in [0.1, 0.15) is 24.5 Å². The van der Waals surface area contributed by atoms with Crippen LogP contribution in [-0.2, 0) is 4.79 Å². The quantitative estimate of drug-likeness (QED) is 0.864. The van der Waals surface area contributed by atoms with E-state index < -0.39 is 6.10 Å². The van der Waals surface area contributed by atoms with E-state index in [0.717, 1.165) is 24.2 Å². The first-order valence-electron chi connectivity index (χ1n) is 5.37. The standard InChI is InChI=1S/C11H15NO2S2/c13-9(8-3-5-15-7-8)6-12-11(14)10-2-1-4-16-10/h3,5,7,9-10,13H,1-2,4,6H2,(H,12,14). The molecule has 0 radical (unpaired) electrons. The fraction of sp³-hybridized carbons (Fsp3) is 0.545. The van der Waals surface area contributed by atoms with Crippen molar-refractivity contribution in [1.29, 1.82) is 0 Å². The van der Waals surface area contributed by atoms with Crippen LogP contribution in [0.2, 0.25) is 0 Å². The number of aliphatic hydroxyl groups excluding tert-OH is 1. The lowest BCUT2D eigenvalue weighted by Gasteiger charge is -2.13. The van der Waals surface area contributed by atoms with Gasteiger partial charge in [0, 0.05) is 6.54 Å². The fourth-order valence-electron chi connectivity index (χ4n) is 1.68. The van der Waals surface area contributed by atoms with Gasteiger partial charge in [0.05, 0.1) is 11.4 Å². The highest BCUT2D eigenvalue weighted by atomic mass is 32.2. The number of rotatable bonds is 4. The van der Waals surface area contributed by atoms with Gasteiger partial charge in [-0.1, -0.05) is 0 Å². The summed E-state index contributed by atoms with van der Waals surface area (Å²) in [7, 11) is 0. The Morgan fingerprint density at radius 1 is 1.69 bits per heavy atom. The predicted molar refractivity (Wildman–Crippen MR) is 67.8 cm³/mol. The molecule has 1 aromatic rings. The van der Waals surface area contributed by atoms with E-state index in [1.165, 1.54) is 0 Å². The summed E-state index contributed by atoms with van der Waals surface area (Å²) >= 11 is 3.26. The number of carbonyl (C=O) groups is 1. The van der Waals surface area contributed by atoms with Crippen LogP contribution < -0.4 is 5.32 Å². The maximum absolute atomic E-state index is 11.7. The van der Waals surface area contributed by atoms with Crippen LogP contribution in [0.4, 0.5) is 0 Å². The number of hydrogen-bond donors (Lipinski definition) is 2. The van der Waals surface area contributed by atoms with Crippen molar-refractivity contribution in [1.82, 2.24) is 5.32 Å². The van der Waals surface area contributed by atoms with Crippen molar-refractivity contribution in [2.24, 2.45) is 0 Å². The van der Waals surface area contributed by atoms with Gasteiger partial charge in [0.15, 0.2) is 0 Å². The lowest BCUT2D eigenvalue weighted by Crippen LogP contribution is -2.34. The molecule has 1 aromatic heterocycles. The smallest absolute Gasteiger partial charge is 0.233 e. The van der Waals surface area contributed by atoms with E-state index in [9.17, 15) is 9.90 Å². The first kappa shape index (κ1) is 12.0. The SMILES string of the molecule is O=C(NCC(O)c1ccsc1)C1CCCS1. The van der Waals surface area contributed by atoms with Crippen LogP contribution in [0.3, 0.4) is 0 Å². The molecule has 0 saturated carbocycles. The molecule has 1 amide bonds. The van der Waals surface area contributed by atoms with E-state index in [0.29, 0.717) is 6.54 Å². The second-order valence-electron chi connectivity index (χ2n) is 3.82. The minimum absolute atomic E-state index is 0.0665. The Balaban J connectivity index is 1.76. The summed E-state index contributed by atoms with van der Waals surface area (Å²) in [5, 5.41) is 16.5. The van der Waals surface area contributed by atoms with Gasteiger partial charge in [-0.15, -0.1) is 11.8 Å². The third kappa shape index (κ3) is 2.99. The van der Waals surface area contributed by atoms with Crippen LogP contribution in [-0.4, -0.2) is 28.6 Å². The van der Waals surface area contributed by atoms with Crippen molar-refractivity contribution in [3.8, 4) is 0 Å².